The number of rotatable bonds is 2. The largest absolute Gasteiger partial charge is 0.425 e. The molecule has 1 fully saturated rings. The molecule has 142 valence electrons. The normalized spacial score (nSPS) is 26.3. The third kappa shape index (κ3) is 2.84. The molecular formula is C16H19F3N4O2S. The summed E-state index contributed by atoms with van der Waals surface area (Å²) >= 11 is 0.722. The van der Waals surface area contributed by atoms with Gasteiger partial charge in [0.05, 0.1) is 24.9 Å². The van der Waals surface area contributed by atoms with Crippen molar-refractivity contribution in [3.8, 4) is 0 Å². The highest BCUT2D eigenvalue weighted by Crippen LogP contribution is 2.52. The van der Waals surface area contributed by atoms with Crippen molar-refractivity contribution in [2.45, 2.75) is 43.7 Å². The fourth-order valence-electron chi connectivity index (χ4n) is 3.97. The van der Waals surface area contributed by atoms with E-state index in [0.717, 1.165) is 17.0 Å². The molecule has 2 aromatic heterocycles. The molecule has 0 saturated carbocycles. The van der Waals surface area contributed by atoms with Gasteiger partial charge in [-0.2, -0.15) is 13.2 Å². The summed E-state index contributed by atoms with van der Waals surface area (Å²) in [5.74, 6) is 0. The highest BCUT2D eigenvalue weighted by Gasteiger charge is 2.48. The number of nitrogens with one attached hydrogen (secondary N) is 1. The Morgan fingerprint density at radius 2 is 2.31 bits per heavy atom. The Morgan fingerprint density at radius 3 is 2.96 bits per heavy atom. The lowest BCUT2D eigenvalue weighted by Crippen LogP contribution is -2.45. The second kappa shape index (κ2) is 6.29. The van der Waals surface area contributed by atoms with Crippen molar-refractivity contribution in [3.63, 3.8) is 0 Å². The van der Waals surface area contributed by atoms with E-state index < -0.39 is 23.3 Å². The standard InChI is InChI=1S/C16H19F3N4O2S/c1-23-7-12(21-22-23)11-6-15(3-4-20-11)13-9(2-5-25-15)10(8-24)14(26-13)16(17,18)19/h7,11,20,24H,2-6,8H2,1H3/t11-,15?/m0/s1. The van der Waals surface area contributed by atoms with Gasteiger partial charge < -0.3 is 15.2 Å². The van der Waals surface area contributed by atoms with E-state index in [1.165, 1.54) is 0 Å². The molecule has 26 heavy (non-hydrogen) atoms. The highest BCUT2D eigenvalue weighted by atomic mass is 32.1. The van der Waals surface area contributed by atoms with Gasteiger partial charge in [0.25, 0.3) is 0 Å². The Bertz CT molecular complexity index is 819. The van der Waals surface area contributed by atoms with Gasteiger partial charge in [-0.3, -0.25) is 4.68 Å². The van der Waals surface area contributed by atoms with Gasteiger partial charge in [-0.1, -0.05) is 5.21 Å². The first-order valence-corrected chi connectivity index (χ1v) is 9.22. The number of aliphatic hydroxyl groups excluding tert-OH is 1. The van der Waals surface area contributed by atoms with Crippen molar-refractivity contribution in [2.75, 3.05) is 13.2 Å². The maximum absolute atomic E-state index is 13.4. The van der Waals surface area contributed by atoms with Crippen LogP contribution in [0.4, 0.5) is 13.2 Å². The van der Waals surface area contributed by atoms with Gasteiger partial charge in [-0.05, 0) is 24.9 Å². The average molecular weight is 388 g/mol. The van der Waals surface area contributed by atoms with E-state index in [1.807, 2.05) is 0 Å². The molecule has 2 aromatic rings. The number of fused-ring (bicyclic) bond motifs is 2. The predicted molar refractivity (Wildman–Crippen MR) is 87.6 cm³/mol. The molecule has 4 rings (SSSR count). The average Bonchev–Trinajstić information content (AvgIpc) is 3.19. The van der Waals surface area contributed by atoms with Crippen molar-refractivity contribution in [2.24, 2.45) is 7.05 Å². The molecule has 0 bridgehead atoms. The zero-order chi connectivity index (χ0) is 18.5. The predicted octanol–water partition coefficient (Wildman–Crippen LogP) is 2.28. The quantitative estimate of drug-likeness (QED) is 0.826. The zero-order valence-corrected chi connectivity index (χ0v) is 15.0. The zero-order valence-electron chi connectivity index (χ0n) is 14.1. The minimum Gasteiger partial charge on any atom is -0.392 e. The summed E-state index contributed by atoms with van der Waals surface area (Å²) in [6, 6.07) is -0.141. The molecule has 2 aliphatic rings. The van der Waals surface area contributed by atoms with Crippen LogP contribution in [0.1, 0.15) is 45.5 Å². The molecule has 1 saturated heterocycles. The summed E-state index contributed by atoms with van der Waals surface area (Å²) < 4.78 is 48.0. The number of piperidine rings is 1. The molecule has 2 aliphatic heterocycles. The minimum absolute atomic E-state index is 0.00904. The maximum atomic E-state index is 13.4. The van der Waals surface area contributed by atoms with Crippen LogP contribution in [-0.4, -0.2) is 33.3 Å². The van der Waals surface area contributed by atoms with E-state index in [4.69, 9.17) is 4.74 Å². The molecule has 2 atom stereocenters. The molecule has 4 heterocycles. The maximum Gasteiger partial charge on any atom is 0.425 e. The van der Waals surface area contributed by atoms with Crippen molar-refractivity contribution in [1.82, 2.24) is 20.3 Å². The van der Waals surface area contributed by atoms with Crippen molar-refractivity contribution in [3.05, 3.63) is 32.8 Å². The van der Waals surface area contributed by atoms with E-state index in [0.29, 0.717) is 42.9 Å². The van der Waals surface area contributed by atoms with Gasteiger partial charge >= 0.3 is 6.18 Å². The second-order valence-corrected chi connectivity index (χ2v) is 7.76. The SMILES string of the molecule is Cn1cc([C@@H]2CC3(CCN2)OCCc2c3sc(C(F)(F)F)c2CO)nn1. The molecule has 0 aromatic carbocycles. The van der Waals surface area contributed by atoms with Crippen LogP contribution >= 0.6 is 11.3 Å². The third-order valence-corrected chi connectivity index (χ3v) is 6.61. The van der Waals surface area contributed by atoms with Crippen LogP contribution in [0.15, 0.2) is 6.20 Å². The Hall–Kier alpha value is -1.49. The minimum atomic E-state index is -4.47. The monoisotopic (exact) mass is 388 g/mol. The van der Waals surface area contributed by atoms with Crippen molar-refractivity contribution < 1.29 is 23.0 Å². The molecule has 2 N–H and O–H groups in total. The number of aromatic nitrogens is 3. The summed E-state index contributed by atoms with van der Waals surface area (Å²) in [4.78, 5) is -0.0972. The molecular weight excluding hydrogens is 369 g/mol. The molecule has 1 spiro atoms. The number of hydrogen-bond acceptors (Lipinski definition) is 6. The van der Waals surface area contributed by atoms with E-state index >= 15 is 0 Å². The first-order chi connectivity index (χ1) is 12.3. The first-order valence-electron chi connectivity index (χ1n) is 8.41. The van der Waals surface area contributed by atoms with E-state index in [9.17, 15) is 18.3 Å². The molecule has 0 radical (unpaired) electrons. The molecule has 0 aliphatic carbocycles. The van der Waals surface area contributed by atoms with Crippen LogP contribution < -0.4 is 5.32 Å². The summed E-state index contributed by atoms with van der Waals surface area (Å²) in [5.41, 5.74) is 0.585. The van der Waals surface area contributed by atoms with Gasteiger partial charge in [-0.15, -0.1) is 16.4 Å². The number of hydrogen-bond donors (Lipinski definition) is 2. The lowest BCUT2D eigenvalue weighted by Gasteiger charge is -2.43. The molecule has 6 nitrogen and oxygen atoms in total. The number of nitrogens with zero attached hydrogens (tertiary/aromatic N) is 3. The summed E-state index contributed by atoms with van der Waals surface area (Å²) in [6.45, 7) is 0.345. The van der Waals surface area contributed by atoms with Crippen molar-refractivity contribution in [1.29, 1.82) is 0 Å². The third-order valence-electron chi connectivity index (χ3n) is 5.11. The van der Waals surface area contributed by atoms with Crippen molar-refractivity contribution >= 4 is 11.3 Å². The lowest BCUT2D eigenvalue weighted by molar-refractivity contribution is -0.135. The Kier molecular flexibility index (Phi) is 4.33. The second-order valence-electron chi connectivity index (χ2n) is 6.74. The summed E-state index contributed by atoms with van der Waals surface area (Å²) in [7, 11) is 1.77. The fourth-order valence-corrected chi connectivity index (χ4v) is 5.38. The van der Waals surface area contributed by atoms with Crippen LogP contribution in [0.2, 0.25) is 0 Å². The van der Waals surface area contributed by atoms with Gasteiger partial charge in [0, 0.05) is 30.1 Å². The fraction of sp³-hybridized carbons (Fsp3) is 0.625. The number of aryl methyl sites for hydroxylation is 1. The number of ether oxygens (including phenoxy) is 1. The van der Waals surface area contributed by atoms with Gasteiger partial charge in [0.1, 0.15) is 10.5 Å². The van der Waals surface area contributed by atoms with Crippen LogP contribution in [0.25, 0.3) is 0 Å². The summed E-state index contributed by atoms with van der Waals surface area (Å²) in [6.07, 6.45) is -1.21. The van der Waals surface area contributed by atoms with E-state index in [2.05, 4.69) is 15.6 Å². The Balaban J connectivity index is 1.76. The smallest absolute Gasteiger partial charge is 0.392 e. The van der Waals surface area contributed by atoms with E-state index in [-0.39, 0.29) is 11.6 Å². The van der Waals surface area contributed by atoms with Crippen LogP contribution in [0, 0.1) is 0 Å². The molecule has 10 heteroatoms. The Labute approximate surface area is 152 Å². The molecule has 1 unspecified atom stereocenters. The van der Waals surface area contributed by atoms with Crippen LogP contribution in [0.5, 0.6) is 0 Å². The van der Waals surface area contributed by atoms with Crippen LogP contribution in [0.3, 0.4) is 0 Å². The van der Waals surface area contributed by atoms with Crippen LogP contribution in [-0.2, 0) is 36.6 Å². The van der Waals surface area contributed by atoms with Gasteiger partial charge in [0.2, 0.25) is 0 Å². The first kappa shape index (κ1) is 17.9. The van der Waals surface area contributed by atoms with Gasteiger partial charge in [0.15, 0.2) is 0 Å². The lowest BCUT2D eigenvalue weighted by atomic mass is 9.81. The Morgan fingerprint density at radius 1 is 1.50 bits per heavy atom. The summed E-state index contributed by atoms with van der Waals surface area (Å²) in [5, 5.41) is 21.0. The number of thiophene rings is 1. The number of halogens is 3. The van der Waals surface area contributed by atoms with E-state index in [1.54, 1.807) is 17.9 Å². The highest BCUT2D eigenvalue weighted by molar-refractivity contribution is 7.12. The molecule has 0 amide bonds. The van der Waals surface area contributed by atoms with Gasteiger partial charge in [-0.25, -0.2) is 0 Å². The number of alkyl halides is 3. The number of aliphatic hydroxyl groups is 1. The topological polar surface area (TPSA) is 72.2 Å².